The molecule has 2 aliphatic rings. The molecule has 2 fully saturated rings. The minimum absolute atomic E-state index is 0.0332. The Bertz CT molecular complexity index is 356. The molecule has 6 nitrogen and oxygen atoms in total. The molecular weight excluding hydrogens is 280 g/mol. The second-order valence-electron chi connectivity index (χ2n) is 7.05. The lowest BCUT2D eigenvalue weighted by Crippen LogP contribution is -2.51. The van der Waals surface area contributed by atoms with Crippen LogP contribution in [-0.2, 0) is 0 Å². The minimum Gasteiger partial charge on any atom is -0.391 e. The third-order valence-electron chi connectivity index (χ3n) is 5.20. The Balaban J connectivity index is 1.62. The highest BCUT2D eigenvalue weighted by molar-refractivity contribution is 5.74. The number of likely N-dealkylation sites (tertiary alicyclic amines) is 2. The summed E-state index contributed by atoms with van der Waals surface area (Å²) in [5.41, 5.74) is 0. The number of piperidine rings is 2. The van der Waals surface area contributed by atoms with E-state index in [2.05, 4.69) is 29.2 Å². The third-order valence-corrected chi connectivity index (χ3v) is 5.20. The topological polar surface area (TPSA) is 59.1 Å². The fourth-order valence-electron chi connectivity index (χ4n) is 3.33. The van der Waals surface area contributed by atoms with Crippen LogP contribution in [0.3, 0.4) is 0 Å². The van der Waals surface area contributed by atoms with Gasteiger partial charge in [0.25, 0.3) is 0 Å². The van der Waals surface area contributed by atoms with Crippen molar-refractivity contribution in [2.24, 2.45) is 5.92 Å². The van der Waals surface area contributed by atoms with E-state index in [0.717, 1.165) is 32.6 Å². The van der Waals surface area contributed by atoms with E-state index in [1.54, 1.807) is 4.90 Å². The summed E-state index contributed by atoms with van der Waals surface area (Å²) >= 11 is 0. The summed E-state index contributed by atoms with van der Waals surface area (Å²) in [6.45, 7) is 7.07. The first-order valence-corrected chi connectivity index (χ1v) is 8.57. The monoisotopic (exact) mass is 312 g/mol. The molecule has 2 N–H and O–H groups in total. The molecule has 0 aromatic heterocycles. The van der Waals surface area contributed by atoms with Gasteiger partial charge in [0.15, 0.2) is 0 Å². The smallest absolute Gasteiger partial charge is 0.317 e. The van der Waals surface area contributed by atoms with Crippen LogP contribution >= 0.6 is 0 Å². The third kappa shape index (κ3) is 4.83. The van der Waals surface area contributed by atoms with Gasteiger partial charge in [0.1, 0.15) is 0 Å². The van der Waals surface area contributed by atoms with Gasteiger partial charge < -0.3 is 25.1 Å². The number of aliphatic hydroxyl groups is 1. The Morgan fingerprint density at radius 1 is 1.23 bits per heavy atom. The van der Waals surface area contributed by atoms with Gasteiger partial charge in [-0.25, -0.2) is 4.79 Å². The van der Waals surface area contributed by atoms with Crippen molar-refractivity contribution in [3.63, 3.8) is 0 Å². The molecule has 0 spiro atoms. The number of β-amino-alcohol motifs (C(OH)–C–C–N with tert-alkyl or cyclic N) is 1. The van der Waals surface area contributed by atoms with Crippen LogP contribution in [0.25, 0.3) is 0 Å². The van der Waals surface area contributed by atoms with E-state index < -0.39 is 0 Å². The van der Waals surface area contributed by atoms with Crippen LogP contribution in [0.1, 0.15) is 26.2 Å². The van der Waals surface area contributed by atoms with Gasteiger partial charge in [-0.1, -0.05) is 6.92 Å². The highest BCUT2D eigenvalue weighted by atomic mass is 16.3. The molecule has 2 unspecified atom stereocenters. The van der Waals surface area contributed by atoms with Crippen LogP contribution in [0.4, 0.5) is 4.79 Å². The fraction of sp³-hybridized carbons (Fsp3) is 0.938. The quantitative estimate of drug-likeness (QED) is 0.790. The van der Waals surface area contributed by atoms with Gasteiger partial charge in [-0.15, -0.1) is 0 Å². The van der Waals surface area contributed by atoms with Crippen molar-refractivity contribution in [2.75, 3.05) is 53.4 Å². The van der Waals surface area contributed by atoms with Crippen LogP contribution in [0.15, 0.2) is 0 Å². The molecule has 2 heterocycles. The molecular formula is C16H32N4O2. The lowest BCUT2D eigenvalue weighted by molar-refractivity contribution is 0.0434. The van der Waals surface area contributed by atoms with Crippen LogP contribution in [-0.4, -0.2) is 91.3 Å². The summed E-state index contributed by atoms with van der Waals surface area (Å²) in [6.07, 6.45) is 2.91. The zero-order chi connectivity index (χ0) is 16.1. The van der Waals surface area contributed by atoms with Crippen molar-refractivity contribution in [1.29, 1.82) is 0 Å². The second-order valence-corrected chi connectivity index (χ2v) is 7.05. The van der Waals surface area contributed by atoms with E-state index in [1.807, 2.05) is 6.92 Å². The van der Waals surface area contributed by atoms with Gasteiger partial charge in [0.05, 0.1) is 6.10 Å². The predicted octanol–water partition coefficient (Wildman–Crippen LogP) is 0.425. The molecule has 0 aromatic rings. The largest absolute Gasteiger partial charge is 0.391 e. The summed E-state index contributed by atoms with van der Waals surface area (Å²) in [5.74, 6) is 0.294. The van der Waals surface area contributed by atoms with Gasteiger partial charge in [0.2, 0.25) is 0 Å². The van der Waals surface area contributed by atoms with E-state index in [4.69, 9.17) is 0 Å². The molecule has 0 radical (unpaired) electrons. The maximum absolute atomic E-state index is 12.1. The standard InChI is InChI=1S/C16H32N4O2/c1-13-4-10-20(12-15(13)21)16(22)17-7-11-19-8-5-14(6-9-19)18(2)3/h13-15,21H,4-12H2,1-3H3,(H,17,22). The van der Waals surface area contributed by atoms with Crippen molar-refractivity contribution < 1.29 is 9.90 Å². The Morgan fingerprint density at radius 2 is 1.91 bits per heavy atom. The molecule has 2 atom stereocenters. The summed E-state index contributed by atoms with van der Waals surface area (Å²) in [4.78, 5) is 18.6. The number of carbonyl (C=O) groups excluding carboxylic acids is 1. The molecule has 6 heteroatoms. The first-order chi connectivity index (χ1) is 10.5. The number of carbonyl (C=O) groups is 1. The number of amides is 2. The molecule has 0 bridgehead atoms. The van der Waals surface area contributed by atoms with Gasteiger partial charge in [-0.3, -0.25) is 0 Å². The minimum atomic E-state index is -0.385. The van der Waals surface area contributed by atoms with E-state index in [9.17, 15) is 9.90 Å². The van der Waals surface area contributed by atoms with Crippen LogP contribution in [0.2, 0.25) is 0 Å². The molecule has 2 amide bonds. The number of hydrogen-bond acceptors (Lipinski definition) is 4. The van der Waals surface area contributed by atoms with Crippen LogP contribution in [0, 0.1) is 5.92 Å². The highest BCUT2D eigenvalue weighted by Crippen LogP contribution is 2.17. The number of rotatable bonds is 4. The SMILES string of the molecule is CC1CCN(C(=O)NCCN2CCC(N(C)C)CC2)CC1O. The summed E-state index contributed by atoms with van der Waals surface area (Å²) in [7, 11) is 4.29. The van der Waals surface area contributed by atoms with Crippen molar-refractivity contribution in [3.8, 4) is 0 Å². The van der Waals surface area contributed by atoms with Gasteiger partial charge in [0, 0.05) is 32.2 Å². The van der Waals surface area contributed by atoms with Crippen LogP contribution < -0.4 is 5.32 Å². The lowest BCUT2D eigenvalue weighted by atomic mass is 9.96. The summed E-state index contributed by atoms with van der Waals surface area (Å²) < 4.78 is 0. The molecule has 128 valence electrons. The van der Waals surface area contributed by atoms with Crippen molar-refractivity contribution in [1.82, 2.24) is 20.0 Å². The first kappa shape index (κ1) is 17.5. The zero-order valence-electron chi connectivity index (χ0n) is 14.3. The van der Waals surface area contributed by atoms with Gasteiger partial charge >= 0.3 is 6.03 Å². The van der Waals surface area contributed by atoms with Crippen molar-refractivity contribution in [3.05, 3.63) is 0 Å². The van der Waals surface area contributed by atoms with E-state index in [-0.39, 0.29) is 12.1 Å². The summed E-state index contributed by atoms with van der Waals surface area (Å²) in [6, 6.07) is 0.664. The fourth-order valence-corrected chi connectivity index (χ4v) is 3.33. The Hall–Kier alpha value is -0.850. The molecule has 22 heavy (non-hydrogen) atoms. The molecule has 0 saturated carbocycles. The lowest BCUT2D eigenvalue weighted by Gasteiger charge is -2.36. The Labute approximate surface area is 134 Å². The molecule has 0 aromatic carbocycles. The normalized spacial score (nSPS) is 28.1. The number of hydrogen-bond donors (Lipinski definition) is 2. The first-order valence-electron chi connectivity index (χ1n) is 8.57. The molecule has 2 rings (SSSR count). The van der Waals surface area contributed by atoms with Crippen molar-refractivity contribution in [2.45, 2.75) is 38.3 Å². The van der Waals surface area contributed by atoms with E-state index >= 15 is 0 Å². The average Bonchev–Trinajstić information content (AvgIpc) is 2.50. The zero-order valence-corrected chi connectivity index (χ0v) is 14.3. The second kappa shape index (κ2) is 8.13. The number of nitrogens with one attached hydrogen (secondary N) is 1. The Kier molecular flexibility index (Phi) is 6.47. The number of aliphatic hydroxyl groups excluding tert-OH is 1. The van der Waals surface area contributed by atoms with Crippen LogP contribution in [0.5, 0.6) is 0 Å². The van der Waals surface area contributed by atoms with Gasteiger partial charge in [-0.05, 0) is 52.4 Å². The van der Waals surface area contributed by atoms with Gasteiger partial charge in [-0.2, -0.15) is 0 Å². The maximum atomic E-state index is 12.1. The van der Waals surface area contributed by atoms with E-state index in [1.165, 1.54) is 12.8 Å². The predicted molar refractivity (Wildman–Crippen MR) is 87.9 cm³/mol. The average molecular weight is 312 g/mol. The van der Waals surface area contributed by atoms with E-state index in [0.29, 0.717) is 25.0 Å². The Morgan fingerprint density at radius 3 is 2.50 bits per heavy atom. The number of nitrogens with zero attached hydrogens (tertiary/aromatic N) is 3. The maximum Gasteiger partial charge on any atom is 0.317 e. The number of urea groups is 1. The molecule has 2 saturated heterocycles. The molecule has 0 aliphatic carbocycles. The highest BCUT2D eigenvalue weighted by Gasteiger charge is 2.27. The molecule has 2 aliphatic heterocycles. The van der Waals surface area contributed by atoms with Crippen molar-refractivity contribution >= 4 is 6.03 Å². The summed E-state index contributed by atoms with van der Waals surface area (Å²) in [5, 5.41) is 12.9.